The zero-order chi connectivity index (χ0) is 17.6. The van der Waals surface area contributed by atoms with Gasteiger partial charge in [-0.25, -0.2) is 9.55 Å². The maximum Gasteiger partial charge on any atom is 0.469 e. The van der Waals surface area contributed by atoms with Gasteiger partial charge in [0.25, 0.3) is 0 Å². The van der Waals surface area contributed by atoms with Crippen molar-refractivity contribution in [2.45, 2.75) is 24.5 Å². The number of nitrogen functional groups attached to an aromatic ring is 1. The number of aliphatic hydroxyl groups is 2. The summed E-state index contributed by atoms with van der Waals surface area (Å²) in [6.07, 6.45) is -4.05. The van der Waals surface area contributed by atoms with Gasteiger partial charge in [-0.05, 0) is 0 Å². The smallest absolute Gasteiger partial charge is 0.387 e. The molecule has 0 unspecified atom stereocenters. The average Bonchev–Trinajstić information content (AvgIpc) is 3.00. The van der Waals surface area contributed by atoms with E-state index in [0.717, 1.165) is 6.07 Å². The van der Waals surface area contributed by atoms with Crippen molar-refractivity contribution in [3.8, 4) is 0 Å². The molecular weight excluding hydrogens is 347 g/mol. The number of H-pyrrole nitrogens is 1. The molecule has 1 aliphatic rings. The molecule has 0 saturated carbocycles. The Labute approximate surface area is 133 Å². The van der Waals surface area contributed by atoms with Crippen LogP contribution in [0.1, 0.15) is 6.23 Å². The molecule has 1 fully saturated rings. The number of pyridine rings is 1. The van der Waals surface area contributed by atoms with E-state index in [1.54, 1.807) is 0 Å². The Morgan fingerprint density at radius 1 is 1.42 bits per heavy atom. The van der Waals surface area contributed by atoms with Crippen molar-refractivity contribution in [2.24, 2.45) is 0 Å². The van der Waals surface area contributed by atoms with Gasteiger partial charge < -0.3 is 35.5 Å². The summed E-state index contributed by atoms with van der Waals surface area (Å²) >= 11 is 0. The largest absolute Gasteiger partial charge is 0.469 e. The van der Waals surface area contributed by atoms with Gasteiger partial charge >= 0.3 is 7.82 Å². The summed E-state index contributed by atoms with van der Waals surface area (Å²) in [5.74, 6) is 0.0728. The number of phosphoric acid groups is 1. The summed E-state index contributed by atoms with van der Waals surface area (Å²) in [4.78, 5) is 35.8. The topological polar surface area (TPSA) is 193 Å². The number of imidazole rings is 1. The number of hydrogen-bond acceptors (Lipinski definition) is 8. The maximum atomic E-state index is 11.8. The molecule has 0 radical (unpaired) electrons. The molecule has 0 bridgehead atoms. The molecule has 4 atom stereocenters. The predicted molar refractivity (Wildman–Crippen MR) is 78.7 cm³/mol. The van der Waals surface area contributed by atoms with E-state index in [-0.39, 0.29) is 17.0 Å². The third-order valence-electron chi connectivity index (χ3n) is 3.59. The van der Waals surface area contributed by atoms with E-state index in [0.29, 0.717) is 0 Å². The normalized spacial score (nSPS) is 27.8. The molecule has 1 aliphatic heterocycles. The summed E-state index contributed by atoms with van der Waals surface area (Å²) in [6.45, 7) is -0.635. The van der Waals surface area contributed by atoms with Gasteiger partial charge in [0.05, 0.1) is 12.9 Å². The molecule has 12 nitrogen and oxygen atoms in total. The summed E-state index contributed by atoms with van der Waals surface area (Å²) in [6, 6.07) is 1.15. The first kappa shape index (κ1) is 17.0. The first-order valence-corrected chi connectivity index (χ1v) is 8.27. The highest BCUT2D eigenvalue weighted by molar-refractivity contribution is 7.46. The fourth-order valence-electron chi connectivity index (χ4n) is 2.51. The van der Waals surface area contributed by atoms with Gasteiger partial charge in [0, 0.05) is 6.07 Å². The molecule has 0 aliphatic carbocycles. The molecule has 3 rings (SSSR count). The molecule has 0 aromatic carbocycles. The third-order valence-corrected chi connectivity index (χ3v) is 4.08. The number of anilines is 1. The summed E-state index contributed by atoms with van der Waals surface area (Å²) < 4.78 is 21.7. The van der Waals surface area contributed by atoms with E-state index in [1.807, 2.05) is 0 Å². The lowest BCUT2D eigenvalue weighted by molar-refractivity contribution is -0.0503. The Bertz CT molecular complexity index is 859. The van der Waals surface area contributed by atoms with Crippen LogP contribution in [0.15, 0.2) is 17.2 Å². The van der Waals surface area contributed by atoms with Gasteiger partial charge in [-0.2, -0.15) is 0 Å². The Kier molecular flexibility index (Phi) is 4.21. The minimum Gasteiger partial charge on any atom is -0.387 e. The monoisotopic (exact) mass is 362 g/mol. The van der Waals surface area contributed by atoms with Gasteiger partial charge in [0.15, 0.2) is 11.7 Å². The molecule has 13 heteroatoms. The number of phosphoric ester groups is 1. The molecule has 1 saturated heterocycles. The van der Waals surface area contributed by atoms with Crippen LogP contribution in [0.5, 0.6) is 0 Å². The highest BCUT2D eigenvalue weighted by Crippen LogP contribution is 2.38. The van der Waals surface area contributed by atoms with Crippen LogP contribution in [0.4, 0.5) is 5.82 Å². The number of fused-ring (bicyclic) bond motifs is 1. The van der Waals surface area contributed by atoms with Crippen molar-refractivity contribution in [2.75, 3.05) is 12.3 Å². The zero-order valence-corrected chi connectivity index (χ0v) is 12.9. The second-order valence-electron chi connectivity index (χ2n) is 5.27. The first-order chi connectivity index (χ1) is 11.2. The Morgan fingerprint density at radius 2 is 2.12 bits per heavy atom. The lowest BCUT2D eigenvalue weighted by atomic mass is 10.1. The molecule has 24 heavy (non-hydrogen) atoms. The number of nitrogens with two attached hydrogens (primary N) is 1. The molecule has 3 heterocycles. The van der Waals surface area contributed by atoms with Crippen LogP contribution in [-0.4, -0.2) is 59.5 Å². The number of aliphatic hydroxyl groups excluding tert-OH is 2. The minimum atomic E-state index is -4.75. The van der Waals surface area contributed by atoms with E-state index in [9.17, 15) is 19.6 Å². The van der Waals surface area contributed by atoms with Crippen molar-refractivity contribution in [3.05, 3.63) is 22.6 Å². The second-order valence-corrected chi connectivity index (χ2v) is 6.51. The Balaban J connectivity index is 1.90. The van der Waals surface area contributed by atoms with Crippen LogP contribution in [-0.2, 0) is 13.8 Å². The summed E-state index contributed by atoms with van der Waals surface area (Å²) in [5.41, 5.74) is 5.38. The summed E-state index contributed by atoms with van der Waals surface area (Å²) in [5, 5.41) is 20.1. The predicted octanol–water partition coefficient (Wildman–Crippen LogP) is -1.96. The van der Waals surface area contributed by atoms with Crippen molar-refractivity contribution in [1.82, 2.24) is 14.5 Å². The quantitative estimate of drug-likeness (QED) is 0.332. The van der Waals surface area contributed by atoms with Crippen LogP contribution < -0.4 is 11.2 Å². The fourth-order valence-corrected chi connectivity index (χ4v) is 2.85. The number of aromatic amines is 1. The van der Waals surface area contributed by atoms with Gasteiger partial charge in [0.1, 0.15) is 29.8 Å². The molecule has 132 valence electrons. The van der Waals surface area contributed by atoms with Crippen LogP contribution in [0.2, 0.25) is 0 Å². The maximum absolute atomic E-state index is 11.8. The lowest BCUT2D eigenvalue weighted by Crippen LogP contribution is -2.33. The van der Waals surface area contributed by atoms with Crippen LogP contribution in [0.3, 0.4) is 0 Å². The first-order valence-electron chi connectivity index (χ1n) is 6.74. The lowest BCUT2D eigenvalue weighted by Gasteiger charge is -2.17. The molecule has 7 N–H and O–H groups in total. The highest BCUT2D eigenvalue weighted by Gasteiger charge is 2.45. The van der Waals surface area contributed by atoms with Gasteiger partial charge in [-0.3, -0.25) is 13.9 Å². The third kappa shape index (κ3) is 3.08. The fraction of sp³-hybridized carbons (Fsp3) is 0.455. The van der Waals surface area contributed by atoms with Crippen molar-refractivity contribution < 1.29 is 33.8 Å². The van der Waals surface area contributed by atoms with Crippen LogP contribution >= 0.6 is 7.82 Å². The number of nitrogens with zero attached hydrogens (tertiary/aromatic N) is 2. The van der Waals surface area contributed by atoms with Crippen molar-refractivity contribution in [3.63, 3.8) is 0 Å². The molecule has 0 amide bonds. The Morgan fingerprint density at radius 3 is 2.79 bits per heavy atom. The van der Waals surface area contributed by atoms with Crippen molar-refractivity contribution in [1.29, 1.82) is 0 Å². The number of rotatable bonds is 4. The van der Waals surface area contributed by atoms with Gasteiger partial charge in [0.2, 0.25) is 5.43 Å². The standard InChI is InChI=1S/C11H15N4O8P/c12-6-1-4(16)7-10(14-6)15(3-13-7)11-9(18)8(17)5(23-11)2-22-24(19,20)21/h1,3,5,8-9,11,17-18H,2H2,(H3,12,14,16)(H2,19,20,21)/t5-,8-,9-,11-/m1/s1. The number of ether oxygens (including phenoxy) is 1. The SMILES string of the molecule is Nc1cc(=O)c2ncn([C@@H]3O[C@H](COP(=O)(O)O)[C@@H](O)[C@H]3O)c2[nH]1. The Hall–Kier alpha value is -1.79. The number of hydrogen-bond donors (Lipinski definition) is 6. The van der Waals surface area contributed by atoms with E-state index in [2.05, 4.69) is 14.5 Å². The van der Waals surface area contributed by atoms with Gasteiger partial charge in [-0.1, -0.05) is 0 Å². The van der Waals surface area contributed by atoms with Crippen LogP contribution in [0, 0.1) is 0 Å². The van der Waals surface area contributed by atoms with Crippen molar-refractivity contribution >= 4 is 24.8 Å². The number of nitrogens with one attached hydrogen (secondary N) is 1. The van der Waals surface area contributed by atoms with E-state index in [1.165, 1.54) is 10.9 Å². The van der Waals surface area contributed by atoms with E-state index in [4.69, 9.17) is 20.3 Å². The zero-order valence-electron chi connectivity index (χ0n) is 12.0. The summed E-state index contributed by atoms with van der Waals surface area (Å²) in [7, 11) is -4.75. The van der Waals surface area contributed by atoms with Crippen LogP contribution in [0.25, 0.3) is 11.2 Å². The number of aromatic nitrogens is 3. The van der Waals surface area contributed by atoms with E-state index < -0.39 is 44.4 Å². The highest BCUT2D eigenvalue weighted by atomic mass is 31.2. The molecule has 0 spiro atoms. The second kappa shape index (κ2) is 5.93. The minimum absolute atomic E-state index is 0.0596. The average molecular weight is 362 g/mol. The molecule has 2 aromatic rings. The molecule has 2 aromatic heterocycles. The molecular formula is C11H15N4O8P. The van der Waals surface area contributed by atoms with Gasteiger partial charge in [-0.15, -0.1) is 0 Å². The van der Waals surface area contributed by atoms with E-state index >= 15 is 0 Å².